The van der Waals surface area contributed by atoms with Crippen molar-refractivity contribution in [2.75, 3.05) is 6.54 Å². The van der Waals surface area contributed by atoms with Crippen molar-refractivity contribution in [2.45, 2.75) is 44.1 Å². The molecule has 2 saturated heterocycles. The second-order valence-electron chi connectivity index (χ2n) is 6.43. The lowest BCUT2D eigenvalue weighted by Gasteiger charge is -2.25. The van der Waals surface area contributed by atoms with Crippen LogP contribution in [0.5, 0.6) is 0 Å². The van der Waals surface area contributed by atoms with Gasteiger partial charge in [0.1, 0.15) is 6.04 Å². The minimum Gasteiger partial charge on any atom is -0.311 e. The molecule has 6 heteroatoms. The predicted molar refractivity (Wildman–Crippen MR) is 82.2 cm³/mol. The maximum absolute atomic E-state index is 12.6. The number of hydrogen-bond acceptors (Lipinski definition) is 3. The molecule has 1 aromatic carbocycles. The number of fused-ring (bicyclic) bond motifs is 2. The van der Waals surface area contributed by atoms with Crippen LogP contribution in [-0.4, -0.2) is 40.3 Å². The SMILES string of the molecule is O=C(NN1C(=O)C2CCCCN2C1=O)[C@@H]1CCc2ccccc21. The maximum Gasteiger partial charge on any atom is 0.346 e. The number of nitrogens with one attached hydrogen (secondary N) is 1. The van der Waals surface area contributed by atoms with Gasteiger partial charge in [-0.15, -0.1) is 0 Å². The smallest absolute Gasteiger partial charge is 0.311 e. The highest BCUT2D eigenvalue weighted by atomic mass is 16.2. The first kappa shape index (κ1) is 14.2. The molecule has 0 spiro atoms. The van der Waals surface area contributed by atoms with Crippen LogP contribution in [0, 0.1) is 0 Å². The van der Waals surface area contributed by atoms with Crippen molar-refractivity contribution in [1.29, 1.82) is 0 Å². The number of hydrazine groups is 1. The molecule has 4 rings (SSSR count). The first-order valence-electron chi connectivity index (χ1n) is 8.19. The Kier molecular flexibility index (Phi) is 3.32. The standard InChI is InChI=1S/C17H19N3O3/c21-15(13-9-8-11-5-1-2-6-12(11)13)18-20-16(22)14-7-3-4-10-19(14)17(20)23/h1-2,5-6,13-14H,3-4,7-10H2,(H,18,21)/t13-,14?/m1/s1. The monoisotopic (exact) mass is 313 g/mol. The average Bonchev–Trinajstić information content (AvgIpc) is 3.11. The van der Waals surface area contributed by atoms with Gasteiger partial charge >= 0.3 is 6.03 Å². The lowest BCUT2D eigenvalue weighted by molar-refractivity contribution is -0.137. The number of hydrogen-bond donors (Lipinski definition) is 1. The highest BCUT2D eigenvalue weighted by Gasteiger charge is 2.47. The molecule has 0 aromatic heterocycles. The third-order valence-corrected chi connectivity index (χ3v) is 5.12. The summed E-state index contributed by atoms with van der Waals surface area (Å²) in [4.78, 5) is 38.9. The van der Waals surface area contributed by atoms with Crippen LogP contribution in [0.4, 0.5) is 4.79 Å². The van der Waals surface area contributed by atoms with E-state index in [2.05, 4.69) is 5.43 Å². The fourth-order valence-electron chi connectivity index (χ4n) is 3.91. The number of carbonyl (C=O) groups excluding carboxylic acids is 3. The summed E-state index contributed by atoms with van der Waals surface area (Å²) in [6.45, 7) is 0.591. The Labute approximate surface area is 134 Å². The van der Waals surface area contributed by atoms with E-state index in [4.69, 9.17) is 0 Å². The van der Waals surface area contributed by atoms with Gasteiger partial charge in [0.05, 0.1) is 5.92 Å². The Hall–Kier alpha value is -2.37. The van der Waals surface area contributed by atoms with Crippen molar-refractivity contribution in [3.05, 3.63) is 35.4 Å². The summed E-state index contributed by atoms with van der Waals surface area (Å²) in [5.74, 6) is -0.852. The van der Waals surface area contributed by atoms with Crippen molar-refractivity contribution < 1.29 is 14.4 Å². The van der Waals surface area contributed by atoms with Gasteiger partial charge in [0, 0.05) is 6.54 Å². The summed E-state index contributed by atoms with van der Waals surface area (Å²) in [5.41, 5.74) is 4.74. The number of aryl methyl sites for hydroxylation is 1. The highest BCUT2D eigenvalue weighted by Crippen LogP contribution is 2.33. The van der Waals surface area contributed by atoms with Crippen molar-refractivity contribution in [3.8, 4) is 0 Å². The Bertz CT molecular complexity index is 663. The van der Waals surface area contributed by atoms with E-state index in [9.17, 15) is 14.4 Å². The Balaban J connectivity index is 1.51. The third kappa shape index (κ3) is 2.20. The molecule has 6 nitrogen and oxygen atoms in total. The molecule has 4 amide bonds. The minimum atomic E-state index is -0.396. The van der Waals surface area contributed by atoms with Gasteiger partial charge < -0.3 is 4.90 Å². The van der Waals surface area contributed by atoms with Crippen LogP contribution in [0.25, 0.3) is 0 Å². The Morgan fingerprint density at radius 1 is 1.13 bits per heavy atom. The van der Waals surface area contributed by atoms with Gasteiger partial charge in [0.15, 0.2) is 0 Å². The van der Waals surface area contributed by atoms with Crippen LogP contribution >= 0.6 is 0 Å². The molecule has 1 N–H and O–H groups in total. The zero-order chi connectivity index (χ0) is 16.0. The van der Waals surface area contributed by atoms with Crippen LogP contribution in [0.1, 0.15) is 42.7 Å². The second-order valence-corrected chi connectivity index (χ2v) is 6.43. The number of piperidine rings is 1. The molecule has 23 heavy (non-hydrogen) atoms. The van der Waals surface area contributed by atoms with Gasteiger partial charge in [-0.25, -0.2) is 4.79 Å². The lowest BCUT2D eigenvalue weighted by atomic mass is 10.0. The molecule has 2 aliphatic heterocycles. The zero-order valence-electron chi connectivity index (χ0n) is 12.8. The van der Waals surface area contributed by atoms with Gasteiger partial charge in [0.2, 0.25) is 5.91 Å². The number of imide groups is 1. The van der Waals surface area contributed by atoms with Gasteiger partial charge in [-0.05, 0) is 43.2 Å². The fourth-order valence-corrected chi connectivity index (χ4v) is 3.91. The van der Waals surface area contributed by atoms with E-state index in [1.54, 1.807) is 4.90 Å². The zero-order valence-corrected chi connectivity index (χ0v) is 12.8. The normalized spacial score (nSPS) is 26.3. The molecule has 1 aliphatic carbocycles. The molecule has 1 unspecified atom stereocenters. The second kappa shape index (κ2) is 5.37. The van der Waals surface area contributed by atoms with E-state index in [1.807, 2.05) is 24.3 Å². The number of urea groups is 1. The van der Waals surface area contributed by atoms with Crippen LogP contribution in [0.2, 0.25) is 0 Å². The van der Waals surface area contributed by atoms with Crippen molar-refractivity contribution in [1.82, 2.24) is 15.3 Å². The molecule has 0 saturated carbocycles. The van der Waals surface area contributed by atoms with Crippen LogP contribution < -0.4 is 5.43 Å². The van der Waals surface area contributed by atoms with Crippen LogP contribution in [-0.2, 0) is 16.0 Å². The summed E-state index contributed by atoms with van der Waals surface area (Å²) in [6, 6.07) is 7.06. The van der Waals surface area contributed by atoms with E-state index in [0.29, 0.717) is 19.4 Å². The lowest BCUT2D eigenvalue weighted by Crippen LogP contribution is -2.48. The molecular formula is C17H19N3O3. The topological polar surface area (TPSA) is 69.7 Å². The molecule has 2 atom stereocenters. The number of rotatable bonds is 2. The van der Waals surface area contributed by atoms with Gasteiger partial charge in [-0.1, -0.05) is 24.3 Å². The number of amides is 4. The molecule has 1 aromatic rings. The summed E-state index contributed by atoms with van der Waals surface area (Å²) in [5, 5.41) is 0.930. The Morgan fingerprint density at radius 2 is 1.96 bits per heavy atom. The highest BCUT2D eigenvalue weighted by molar-refractivity contribution is 6.05. The largest absolute Gasteiger partial charge is 0.346 e. The summed E-state index contributed by atoms with van der Waals surface area (Å²) < 4.78 is 0. The van der Waals surface area contributed by atoms with Gasteiger partial charge in [-0.2, -0.15) is 5.01 Å². The average molecular weight is 313 g/mol. The molecule has 120 valence electrons. The van der Waals surface area contributed by atoms with Crippen LogP contribution in [0.3, 0.4) is 0 Å². The van der Waals surface area contributed by atoms with Gasteiger partial charge in [-0.3, -0.25) is 15.0 Å². The predicted octanol–water partition coefficient (Wildman–Crippen LogP) is 1.56. The van der Waals surface area contributed by atoms with Gasteiger partial charge in [0.25, 0.3) is 5.91 Å². The fraction of sp³-hybridized carbons (Fsp3) is 0.471. The molecule has 2 heterocycles. The van der Waals surface area contributed by atoms with Crippen molar-refractivity contribution in [3.63, 3.8) is 0 Å². The summed E-state index contributed by atoms with van der Waals surface area (Å²) >= 11 is 0. The third-order valence-electron chi connectivity index (χ3n) is 5.12. The molecule has 2 fully saturated rings. The van der Waals surface area contributed by atoms with E-state index < -0.39 is 6.04 Å². The van der Waals surface area contributed by atoms with Crippen molar-refractivity contribution in [2.24, 2.45) is 0 Å². The first-order chi connectivity index (χ1) is 11.2. The molecule has 0 radical (unpaired) electrons. The number of carbonyl (C=O) groups is 3. The van der Waals surface area contributed by atoms with Crippen LogP contribution in [0.15, 0.2) is 24.3 Å². The molecule has 3 aliphatic rings. The van der Waals surface area contributed by atoms with E-state index in [0.717, 1.165) is 29.8 Å². The summed E-state index contributed by atoms with van der Waals surface area (Å²) in [7, 11) is 0. The molecular weight excluding hydrogens is 294 g/mol. The van der Waals surface area contributed by atoms with Crippen molar-refractivity contribution >= 4 is 17.8 Å². The number of nitrogens with zero attached hydrogens (tertiary/aromatic N) is 2. The van der Waals surface area contributed by atoms with E-state index in [1.165, 1.54) is 5.56 Å². The Morgan fingerprint density at radius 3 is 2.78 bits per heavy atom. The summed E-state index contributed by atoms with van der Waals surface area (Å²) in [6.07, 6.45) is 4.11. The van der Waals surface area contributed by atoms with E-state index in [-0.39, 0.29) is 23.8 Å². The quantitative estimate of drug-likeness (QED) is 0.843. The first-order valence-corrected chi connectivity index (χ1v) is 8.19. The molecule has 0 bridgehead atoms. The number of benzene rings is 1. The minimum absolute atomic E-state index is 0.267. The van der Waals surface area contributed by atoms with E-state index >= 15 is 0 Å². The maximum atomic E-state index is 12.6.